The zero-order chi connectivity index (χ0) is 23.3. The smallest absolute Gasteiger partial charge is 0.334 e. The van der Waals surface area contributed by atoms with E-state index in [0.29, 0.717) is 33.2 Å². The van der Waals surface area contributed by atoms with Crippen molar-refractivity contribution in [2.24, 2.45) is 7.05 Å². The number of ketones is 1. The number of halogens is 3. The number of carbonyl (C=O) groups excluding carboxylic acids is 1. The Labute approximate surface area is 185 Å². The van der Waals surface area contributed by atoms with Gasteiger partial charge in [0.2, 0.25) is 5.78 Å². The number of benzene rings is 2. The van der Waals surface area contributed by atoms with Crippen LogP contribution in [0, 0.1) is 11.3 Å². The van der Waals surface area contributed by atoms with Crippen molar-refractivity contribution in [2.75, 3.05) is 0 Å². The van der Waals surface area contributed by atoms with Gasteiger partial charge in [-0.15, -0.1) is 0 Å². The van der Waals surface area contributed by atoms with E-state index in [9.17, 15) is 18.0 Å². The number of nitriles is 1. The highest BCUT2D eigenvalue weighted by molar-refractivity contribution is 6.09. The first-order valence-electron chi connectivity index (χ1n) is 9.95. The van der Waals surface area contributed by atoms with Gasteiger partial charge in [0.15, 0.2) is 0 Å². The predicted molar refractivity (Wildman–Crippen MR) is 117 cm³/mol. The Hall–Kier alpha value is -4.38. The van der Waals surface area contributed by atoms with E-state index in [1.54, 1.807) is 64.7 Å². The number of alkyl halides is 3. The lowest BCUT2D eigenvalue weighted by atomic mass is 9.98. The van der Waals surface area contributed by atoms with Gasteiger partial charge in [0.05, 0.1) is 45.8 Å². The summed E-state index contributed by atoms with van der Waals surface area (Å²) in [7, 11) is 1.64. The van der Waals surface area contributed by atoms with Crippen LogP contribution in [0.4, 0.5) is 13.2 Å². The van der Waals surface area contributed by atoms with Crippen LogP contribution < -0.4 is 0 Å². The van der Waals surface area contributed by atoms with E-state index in [1.165, 1.54) is 18.5 Å². The Balaban J connectivity index is 1.72. The molecule has 0 spiro atoms. The molecule has 8 heteroatoms. The number of carbonyl (C=O) groups is 1. The van der Waals surface area contributed by atoms with Crippen molar-refractivity contribution >= 4 is 22.3 Å². The Morgan fingerprint density at radius 2 is 1.82 bits per heavy atom. The van der Waals surface area contributed by atoms with Crippen molar-refractivity contribution in [1.82, 2.24) is 14.0 Å². The van der Waals surface area contributed by atoms with Gasteiger partial charge in [-0.1, -0.05) is 18.2 Å². The second kappa shape index (κ2) is 7.35. The average Bonchev–Trinajstić information content (AvgIpc) is 3.40. The minimum absolute atomic E-state index is 0.0112. The molecule has 0 aliphatic carbocycles. The Bertz CT molecular complexity index is 1600. The molecule has 0 aliphatic heterocycles. The molecular weight excluding hydrogens is 429 g/mol. The molecule has 0 N–H and O–H groups in total. The molecule has 0 atom stereocenters. The quantitative estimate of drug-likeness (QED) is 0.340. The Kier molecular flexibility index (Phi) is 4.57. The molecule has 0 bridgehead atoms. The summed E-state index contributed by atoms with van der Waals surface area (Å²) >= 11 is 0. The largest absolute Gasteiger partial charge is 0.417 e. The lowest BCUT2D eigenvalue weighted by Crippen LogP contribution is -2.09. The molecule has 2 aromatic carbocycles. The van der Waals surface area contributed by atoms with Crippen LogP contribution in [0.15, 0.2) is 73.2 Å². The fraction of sp³-hybridized carbons (Fsp3) is 0.0800. The van der Waals surface area contributed by atoms with Gasteiger partial charge in [-0.2, -0.15) is 18.4 Å². The predicted octanol–water partition coefficient (Wildman–Crippen LogP) is 5.61. The number of aromatic nitrogens is 3. The summed E-state index contributed by atoms with van der Waals surface area (Å²) < 4.78 is 45.1. The van der Waals surface area contributed by atoms with E-state index in [4.69, 9.17) is 5.26 Å². The van der Waals surface area contributed by atoms with Crippen molar-refractivity contribution in [2.45, 2.75) is 6.18 Å². The Morgan fingerprint density at radius 3 is 2.58 bits per heavy atom. The van der Waals surface area contributed by atoms with Crippen molar-refractivity contribution in [3.63, 3.8) is 0 Å². The third-order valence-corrected chi connectivity index (χ3v) is 5.64. The third-order valence-electron chi connectivity index (χ3n) is 5.64. The average molecular weight is 444 g/mol. The normalized spacial score (nSPS) is 11.7. The second-order valence-electron chi connectivity index (χ2n) is 7.66. The highest BCUT2D eigenvalue weighted by Gasteiger charge is 2.35. The van der Waals surface area contributed by atoms with E-state index in [-0.39, 0.29) is 17.0 Å². The second-order valence-corrected chi connectivity index (χ2v) is 7.66. The monoisotopic (exact) mass is 444 g/mol. The summed E-state index contributed by atoms with van der Waals surface area (Å²) in [6, 6.07) is 17.2. The van der Waals surface area contributed by atoms with Gasteiger partial charge < -0.3 is 8.97 Å². The molecule has 33 heavy (non-hydrogen) atoms. The van der Waals surface area contributed by atoms with Crippen LogP contribution in [0.1, 0.15) is 27.2 Å². The van der Waals surface area contributed by atoms with Crippen LogP contribution in [0.2, 0.25) is 0 Å². The molecule has 0 radical (unpaired) electrons. The molecular formula is C25H15F3N4O. The number of hydrogen-bond acceptors (Lipinski definition) is 3. The van der Waals surface area contributed by atoms with E-state index < -0.39 is 11.7 Å². The summed E-state index contributed by atoms with van der Waals surface area (Å²) in [6.07, 6.45) is -1.48. The molecule has 0 aliphatic rings. The zero-order valence-electron chi connectivity index (χ0n) is 17.3. The molecule has 5 nitrogen and oxygen atoms in total. The standard InChI is InChI=1S/C25H15F3N4O/c1-31-14-30-20-11-18(19(12-23(20)31)25(26,27)28)17-6-3-9-32-21(17)7-8-22(32)24(33)16-5-2-4-15(10-16)13-29/h2-12,14H,1H3. The summed E-state index contributed by atoms with van der Waals surface area (Å²) in [5, 5.41) is 9.11. The third kappa shape index (κ3) is 3.34. The van der Waals surface area contributed by atoms with Crippen LogP contribution in [-0.2, 0) is 13.2 Å². The first-order chi connectivity index (χ1) is 15.8. The number of rotatable bonds is 3. The SMILES string of the molecule is Cn1cnc2cc(-c3cccn4c(C(=O)c5cccc(C#N)c5)ccc34)c(C(F)(F)F)cc21. The summed E-state index contributed by atoms with van der Waals surface area (Å²) in [5.41, 5.74) is 1.78. The minimum atomic E-state index is -4.58. The van der Waals surface area contributed by atoms with Gasteiger partial charge in [-0.3, -0.25) is 4.79 Å². The number of aryl methyl sites for hydroxylation is 1. The van der Waals surface area contributed by atoms with Crippen LogP contribution in [0.3, 0.4) is 0 Å². The number of imidazole rings is 1. The van der Waals surface area contributed by atoms with E-state index in [2.05, 4.69) is 4.98 Å². The van der Waals surface area contributed by atoms with E-state index in [1.807, 2.05) is 6.07 Å². The number of pyridine rings is 1. The molecule has 3 aromatic heterocycles. The summed E-state index contributed by atoms with van der Waals surface area (Å²) in [6.45, 7) is 0. The maximum absolute atomic E-state index is 14.0. The minimum Gasteiger partial charge on any atom is -0.334 e. The van der Waals surface area contributed by atoms with Crippen molar-refractivity contribution in [3.8, 4) is 17.2 Å². The highest BCUT2D eigenvalue weighted by Crippen LogP contribution is 2.40. The van der Waals surface area contributed by atoms with Crippen molar-refractivity contribution in [3.05, 3.63) is 95.6 Å². The fourth-order valence-corrected chi connectivity index (χ4v) is 4.06. The first kappa shape index (κ1) is 20.5. The molecule has 0 fully saturated rings. The van der Waals surface area contributed by atoms with Crippen LogP contribution in [0.25, 0.3) is 27.7 Å². The molecule has 0 unspecified atom stereocenters. The molecule has 3 heterocycles. The fourth-order valence-electron chi connectivity index (χ4n) is 4.06. The first-order valence-corrected chi connectivity index (χ1v) is 9.95. The molecule has 5 aromatic rings. The van der Waals surface area contributed by atoms with Gasteiger partial charge in [-0.25, -0.2) is 4.98 Å². The summed E-state index contributed by atoms with van der Waals surface area (Å²) in [5.74, 6) is -0.333. The highest BCUT2D eigenvalue weighted by atomic mass is 19.4. The molecule has 0 saturated carbocycles. The van der Waals surface area contributed by atoms with Gasteiger partial charge in [0.1, 0.15) is 0 Å². The topological polar surface area (TPSA) is 63.1 Å². The molecule has 162 valence electrons. The van der Waals surface area contributed by atoms with Crippen molar-refractivity contribution < 1.29 is 18.0 Å². The van der Waals surface area contributed by atoms with Gasteiger partial charge in [0, 0.05) is 24.4 Å². The van der Waals surface area contributed by atoms with Crippen LogP contribution >= 0.6 is 0 Å². The molecule has 5 rings (SSSR count). The number of fused-ring (bicyclic) bond motifs is 2. The van der Waals surface area contributed by atoms with Gasteiger partial charge >= 0.3 is 6.18 Å². The maximum atomic E-state index is 14.0. The van der Waals surface area contributed by atoms with Crippen molar-refractivity contribution in [1.29, 1.82) is 5.26 Å². The van der Waals surface area contributed by atoms with Crippen LogP contribution in [0.5, 0.6) is 0 Å². The van der Waals surface area contributed by atoms with Gasteiger partial charge in [-0.05, 0) is 48.0 Å². The maximum Gasteiger partial charge on any atom is 0.417 e. The molecule has 0 amide bonds. The van der Waals surface area contributed by atoms with E-state index >= 15 is 0 Å². The van der Waals surface area contributed by atoms with Crippen LogP contribution in [-0.4, -0.2) is 19.7 Å². The number of hydrogen-bond donors (Lipinski definition) is 0. The van der Waals surface area contributed by atoms with Gasteiger partial charge in [0.25, 0.3) is 0 Å². The summed E-state index contributed by atoms with van der Waals surface area (Å²) in [4.78, 5) is 17.3. The lowest BCUT2D eigenvalue weighted by Gasteiger charge is -2.15. The number of nitrogens with zero attached hydrogens (tertiary/aromatic N) is 4. The lowest BCUT2D eigenvalue weighted by molar-refractivity contribution is -0.137. The zero-order valence-corrected chi connectivity index (χ0v) is 17.3. The van der Waals surface area contributed by atoms with E-state index in [0.717, 1.165) is 6.07 Å². The Morgan fingerprint density at radius 1 is 1.00 bits per heavy atom. The molecule has 0 saturated heterocycles.